The summed E-state index contributed by atoms with van der Waals surface area (Å²) < 4.78 is 0. The van der Waals surface area contributed by atoms with E-state index in [2.05, 4.69) is 16.0 Å². The molecule has 0 aliphatic carbocycles. The van der Waals surface area contributed by atoms with Crippen LogP contribution in [0.3, 0.4) is 0 Å². The normalized spacial score (nSPS) is 15.5. The molecule has 5 unspecified atom stereocenters. The second-order valence-electron chi connectivity index (χ2n) is 8.66. The van der Waals surface area contributed by atoms with Crippen LogP contribution in [-0.4, -0.2) is 69.8 Å². The summed E-state index contributed by atoms with van der Waals surface area (Å²) >= 11 is 0. The number of aliphatic hydroxyl groups is 1. The Labute approximate surface area is 199 Å². The van der Waals surface area contributed by atoms with E-state index >= 15 is 0 Å². The lowest BCUT2D eigenvalue weighted by atomic mass is 9.97. The topological polar surface area (TPSA) is 191 Å². The number of nitrogens with one attached hydrogen (secondary N) is 3. The van der Waals surface area contributed by atoms with Crippen LogP contribution in [0.25, 0.3) is 0 Å². The Balaban J connectivity index is 2.82. The predicted octanol–water partition coefficient (Wildman–Crippen LogP) is -0.505. The number of carbonyl (C=O) groups is 4. The number of hydrogen-bond donors (Lipinski definition) is 7. The molecule has 0 spiro atoms. The molecule has 34 heavy (non-hydrogen) atoms. The van der Waals surface area contributed by atoms with E-state index in [0.717, 1.165) is 0 Å². The third kappa shape index (κ3) is 8.64. The number of rotatable bonds is 13. The average Bonchev–Trinajstić information content (AvgIpc) is 2.79. The van der Waals surface area contributed by atoms with Crippen molar-refractivity contribution in [3.8, 4) is 5.75 Å². The number of aliphatic carboxylic acids is 1. The van der Waals surface area contributed by atoms with Crippen LogP contribution in [0.15, 0.2) is 24.3 Å². The van der Waals surface area contributed by atoms with Gasteiger partial charge in [-0.15, -0.1) is 0 Å². The lowest BCUT2D eigenvalue weighted by molar-refractivity contribution is -0.144. The van der Waals surface area contributed by atoms with Crippen molar-refractivity contribution in [3.05, 3.63) is 29.8 Å². The van der Waals surface area contributed by atoms with E-state index in [0.29, 0.717) is 12.0 Å². The molecule has 11 nitrogen and oxygen atoms in total. The highest BCUT2D eigenvalue weighted by Crippen LogP contribution is 2.12. The molecule has 0 aliphatic heterocycles. The standard InChI is InChI=1S/C23H36N4O7/c1-5-13(4)19(23(33)34)27-22(32)18(12(2)3)26-21(31)17(11-28)25-20(30)16(24)10-14-6-8-15(29)9-7-14/h6-9,12-13,16-19,28-29H,5,10-11,24H2,1-4H3,(H,25,30)(H,26,31)(H,27,32)(H,33,34). The number of carboxylic acids is 1. The van der Waals surface area contributed by atoms with Gasteiger partial charge in [0.05, 0.1) is 12.6 Å². The number of carbonyl (C=O) groups excluding carboxylic acids is 3. The van der Waals surface area contributed by atoms with Gasteiger partial charge in [0.1, 0.15) is 23.9 Å². The summed E-state index contributed by atoms with van der Waals surface area (Å²) in [4.78, 5) is 49.4. The number of phenolic OH excluding ortho intramolecular Hbond substituents is 1. The van der Waals surface area contributed by atoms with Crippen LogP contribution in [0.1, 0.15) is 39.7 Å². The molecule has 1 aromatic rings. The van der Waals surface area contributed by atoms with Crippen LogP contribution >= 0.6 is 0 Å². The van der Waals surface area contributed by atoms with Crippen LogP contribution in [0, 0.1) is 11.8 Å². The van der Waals surface area contributed by atoms with Crippen molar-refractivity contribution in [2.75, 3.05) is 6.61 Å². The van der Waals surface area contributed by atoms with Gasteiger partial charge in [-0.2, -0.15) is 0 Å². The second kappa shape index (κ2) is 13.5. The fourth-order valence-corrected chi connectivity index (χ4v) is 3.17. The number of aliphatic hydroxyl groups excluding tert-OH is 1. The minimum atomic E-state index is -1.36. The van der Waals surface area contributed by atoms with Crippen molar-refractivity contribution in [3.63, 3.8) is 0 Å². The molecule has 0 saturated carbocycles. The highest BCUT2D eigenvalue weighted by Gasteiger charge is 2.33. The highest BCUT2D eigenvalue weighted by atomic mass is 16.4. The Morgan fingerprint density at radius 3 is 1.94 bits per heavy atom. The molecule has 11 heteroatoms. The summed E-state index contributed by atoms with van der Waals surface area (Å²) in [6.45, 7) is 6.10. The Hall–Kier alpha value is -3.18. The molecule has 0 bridgehead atoms. The summed E-state index contributed by atoms with van der Waals surface area (Å²) in [7, 11) is 0. The quantitative estimate of drug-likeness (QED) is 0.196. The first-order valence-corrected chi connectivity index (χ1v) is 11.2. The summed E-state index contributed by atoms with van der Waals surface area (Å²) in [6, 6.07) is 1.52. The molecule has 0 aliphatic rings. The molecule has 1 aromatic carbocycles. The summed E-state index contributed by atoms with van der Waals surface area (Å²) in [6.07, 6.45) is 0.661. The van der Waals surface area contributed by atoms with Gasteiger partial charge in [0, 0.05) is 0 Å². The molecule has 190 valence electrons. The van der Waals surface area contributed by atoms with Crippen molar-refractivity contribution < 1.29 is 34.5 Å². The Morgan fingerprint density at radius 2 is 1.47 bits per heavy atom. The SMILES string of the molecule is CCC(C)C(NC(=O)C(NC(=O)C(CO)NC(=O)C(N)Cc1ccc(O)cc1)C(C)C)C(=O)O. The Bertz CT molecular complexity index is 844. The monoisotopic (exact) mass is 480 g/mol. The van der Waals surface area contributed by atoms with Gasteiger partial charge >= 0.3 is 5.97 Å². The number of benzene rings is 1. The van der Waals surface area contributed by atoms with E-state index in [4.69, 9.17) is 5.73 Å². The number of hydrogen-bond acceptors (Lipinski definition) is 7. The second-order valence-corrected chi connectivity index (χ2v) is 8.66. The highest BCUT2D eigenvalue weighted by molar-refractivity contribution is 5.94. The molecule has 0 radical (unpaired) electrons. The molecular formula is C23H36N4O7. The van der Waals surface area contributed by atoms with Gasteiger partial charge in [-0.05, 0) is 36.0 Å². The molecular weight excluding hydrogens is 444 g/mol. The maximum atomic E-state index is 12.7. The zero-order valence-corrected chi connectivity index (χ0v) is 19.9. The zero-order chi connectivity index (χ0) is 26.0. The van der Waals surface area contributed by atoms with Crippen molar-refractivity contribution in [2.24, 2.45) is 17.6 Å². The van der Waals surface area contributed by atoms with Crippen LogP contribution in [0.2, 0.25) is 0 Å². The Kier molecular flexibility index (Phi) is 11.5. The first-order chi connectivity index (χ1) is 15.9. The van der Waals surface area contributed by atoms with E-state index in [-0.39, 0.29) is 18.1 Å². The summed E-state index contributed by atoms with van der Waals surface area (Å²) in [5.74, 6) is -4.01. The third-order valence-corrected chi connectivity index (χ3v) is 5.57. The first kappa shape index (κ1) is 28.9. The van der Waals surface area contributed by atoms with Gasteiger partial charge in [0.15, 0.2) is 0 Å². The zero-order valence-electron chi connectivity index (χ0n) is 19.9. The van der Waals surface area contributed by atoms with Crippen molar-refractivity contribution in [1.29, 1.82) is 0 Å². The van der Waals surface area contributed by atoms with E-state index in [1.807, 2.05) is 0 Å². The van der Waals surface area contributed by atoms with Crippen molar-refractivity contribution >= 4 is 23.7 Å². The molecule has 0 aromatic heterocycles. The largest absolute Gasteiger partial charge is 0.508 e. The maximum absolute atomic E-state index is 12.7. The van der Waals surface area contributed by atoms with Crippen LogP contribution in [0.4, 0.5) is 0 Å². The van der Waals surface area contributed by atoms with Crippen LogP contribution < -0.4 is 21.7 Å². The van der Waals surface area contributed by atoms with Gasteiger partial charge in [-0.1, -0.05) is 46.2 Å². The van der Waals surface area contributed by atoms with E-state index in [1.54, 1.807) is 39.8 Å². The summed E-state index contributed by atoms with van der Waals surface area (Å²) in [5.41, 5.74) is 6.60. The molecule has 0 heterocycles. The smallest absolute Gasteiger partial charge is 0.326 e. The van der Waals surface area contributed by atoms with Crippen LogP contribution in [0.5, 0.6) is 5.75 Å². The van der Waals surface area contributed by atoms with Gasteiger partial charge in [-0.25, -0.2) is 4.79 Å². The number of aromatic hydroxyl groups is 1. The van der Waals surface area contributed by atoms with Crippen molar-refractivity contribution in [2.45, 2.75) is 64.7 Å². The lowest BCUT2D eigenvalue weighted by Gasteiger charge is -2.27. The molecule has 3 amide bonds. The van der Waals surface area contributed by atoms with Gasteiger partial charge in [-0.3, -0.25) is 14.4 Å². The predicted molar refractivity (Wildman–Crippen MR) is 125 cm³/mol. The summed E-state index contributed by atoms with van der Waals surface area (Å²) in [5, 5.41) is 35.7. The lowest BCUT2D eigenvalue weighted by Crippen LogP contribution is -2.59. The van der Waals surface area contributed by atoms with E-state index in [9.17, 15) is 34.5 Å². The fourth-order valence-electron chi connectivity index (χ4n) is 3.17. The van der Waals surface area contributed by atoms with Gasteiger partial charge < -0.3 is 37.0 Å². The van der Waals surface area contributed by atoms with Crippen LogP contribution in [-0.2, 0) is 25.6 Å². The maximum Gasteiger partial charge on any atom is 0.326 e. The van der Waals surface area contributed by atoms with Gasteiger partial charge in [0.25, 0.3) is 0 Å². The van der Waals surface area contributed by atoms with E-state index < -0.39 is 60.4 Å². The molecule has 8 N–H and O–H groups in total. The average molecular weight is 481 g/mol. The Morgan fingerprint density at radius 1 is 0.912 bits per heavy atom. The van der Waals surface area contributed by atoms with Gasteiger partial charge in [0.2, 0.25) is 17.7 Å². The number of nitrogens with two attached hydrogens (primary N) is 1. The number of amides is 3. The molecule has 5 atom stereocenters. The first-order valence-electron chi connectivity index (χ1n) is 11.2. The minimum Gasteiger partial charge on any atom is -0.508 e. The third-order valence-electron chi connectivity index (χ3n) is 5.57. The fraction of sp³-hybridized carbons (Fsp3) is 0.565. The number of phenols is 1. The molecule has 1 rings (SSSR count). The van der Waals surface area contributed by atoms with Crippen molar-refractivity contribution in [1.82, 2.24) is 16.0 Å². The number of carboxylic acid groups (broad SMARTS) is 1. The molecule has 0 fully saturated rings. The van der Waals surface area contributed by atoms with E-state index in [1.165, 1.54) is 12.1 Å². The molecule has 0 saturated heterocycles. The minimum absolute atomic E-state index is 0.0707.